The van der Waals surface area contributed by atoms with Crippen molar-refractivity contribution in [1.29, 1.82) is 0 Å². The summed E-state index contributed by atoms with van der Waals surface area (Å²) in [6.07, 6.45) is -4.43. The van der Waals surface area contributed by atoms with Gasteiger partial charge < -0.3 is 19.1 Å². The summed E-state index contributed by atoms with van der Waals surface area (Å²) in [7, 11) is -1.75. The number of esters is 1. The van der Waals surface area contributed by atoms with Crippen LogP contribution in [0, 0.1) is 5.92 Å². The maximum atomic E-state index is 13.0. The van der Waals surface area contributed by atoms with Crippen LogP contribution in [0.25, 0.3) is 0 Å². The molecule has 6 nitrogen and oxygen atoms in total. The van der Waals surface area contributed by atoms with Crippen molar-refractivity contribution in [3.8, 4) is 0 Å². The van der Waals surface area contributed by atoms with Crippen molar-refractivity contribution >= 4 is 20.3 Å². The van der Waals surface area contributed by atoms with Gasteiger partial charge in [-0.2, -0.15) is 13.2 Å². The third kappa shape index (κ3) is 8.68. The molecule has 0 aromatic heterocycles. The molecule has 0 bridgehead atoms. The zero-order valence-electron chi connectivity index (χ0n) is 19.6. The van der Waals surface area contributed by atoms with Gasteiger partial charge >= 0.3 is 12.1 Å². The predicted molar refractivity (Wildman–Crippen MR) is 117 cm³/mol. The zero-order valence-corrected chi connectivity index (χ0v) is 20.5. The van der Waals surface area contributed by atoms with Crippen LogP contribution in [0.5, 0.6) is 0 Å². The highest BCUT2D eigenvalue weighted by atomic mass is 31.2. The molecule has 1 amide bonds. The van der Waals surface area contributed by atoms with Gasteiger partial charge in [-0.1, -0.05) is 19.1 Å². The summed E-state index contributed by atoms with van der Waals surface area (Å²) < 4.78 is 55.1. The summed E-state index contributed by atoms with van der Waals surface area (Å²) in [5, 5.41) is 2.76. The summed E-state index contributed by atoms with van der Waals surface area (Å²) in [5.74, 6) is -1.92. The summed E-state index contributed by atoms with van der Waals surface area (Å²) in [6, 6.07) is 3.99. The van der Waals surface area contributed by atoms with E-state index in [-0.39, 0.29) is 0 Å². The number of carbonyl (C=O) groups is 2. The number of halogens is 3. The van der Waals surface area contributed by atoms with Crippen LogP contribution in [-0.4, -0.2) is 36.4 Å². The first-order valence-corrected chi connectivity index (χ1v) is 11.7. The van der Waals surface area contributed by atoms with Crippen LogP contribution in [0.15, 0.2) is 24.3 Å². The van der Waals surface area contributed by atoms with Gasteiger partial charge in [-0.15, -0.1) is 0 Å². The lowest BCUT2D eigenvalue weighted by atomic mass is 10.0. The van der Waals surface area contributed by atoms with Gasteiger partial charge in [-0.05, 0) is 59.2 Å². The summed E-state index contributed by atoms with van der Waals surface area (Å²) in [5.41, 5.74) is -2.00. The molecule has 1 aromatic rings. The maximum Gasteiger partial charge on any atom is 0.416 e. The molecular weight excluding hydrogens is 446 g/mol. The fourth-order valence-corrected chi connectivity index (χ4v) is 4.45. The topological polar surface area (TPSA) is 73.9 Å². The van der Waals surface area contributed by atoms with E-state index >= 15 is 0 Å². The number of carbonyl (C=O) groups excluding carboxylic acids is 2. The number of alkyl halides is 3. The molecule has 10 heteroatoms. The highest BCUT2D eigenvalue weighted by molar-refractivity contribution is 7.49. The molecule has 0 fully saturated rings. The van der Waals surface area contributed by atoms with E-state index < -0.39 is 55.2 Å². The Morgan fingerprint density at radius 2 is 1.50 bits per heavy atom. The largest absolute Gasteiger partial charge is 0.459 e. The first kappa shape index (κ1) is 28.3. The van der Waals surface area contributed by atoms with Crippen LogP contribution in [0.2, 0.25) is 0 Å². The van der Waals surface area contributed by atoms with Gasteiger partial charge in [0.25, 0.3) is 0 Å². The van der Waals surface area contributed by atoms with E-state index in [0.717, 1.165) is 12.1 Å². The SMILES string of the molecule is CCOP(OCC)C(C(=O)OC(C)(C)C)C(C)C(=O)NC(C)c1ccc(C(F)(F)F)cc1. The Morgan fingerprint density at radius 3 is 1.91 bits per heavy atom. The van der Waals surface area contributed by atoms with Crippen molar-refractivity contribution in [3.05, 3.63) is 35.4 Å². The third-order valence-electron chi connectivity index (χ3n) is 4.37. The van der Waals surface area contributed by atoms with Crippen LogP contribution >= 0.6 is 8.38 Å². The summed E-state index contributed by atoms with van der Waals surface area (Å²) in [4.78, 5) is 25.9. The fraction of sp³-hybridized carbons (Fsp3) is 0.636. The number of benzene rings is 1. The predicted octanol–water partition coefficient (Wildman–Crippen LogP) is 5.61. The Labute approximate surface area is 189 Å². The molecule has 0 heterocycles. The molecule has 0 spiro atoms. The number of nitrogens with one attached hydrogen (secondary N) is 1. The molecule has 32 heavy (non-hydrogen) atoms. The van der Waals surface area contributed by atoms with E-state index in [1.807, 2.05) is 0 Å². The lowest BCUT2D eigenvalue weighted by Crippen LogP contribution is -2.42. The molecule has 182 valence electrons. The molecule has 0 aliphatic carbocycles. The number of rotatable bonds is 10. The van der Waals surface area contributed by atoms with Gasteiger partial charge in [0.15, 0.2) is 8.38 Å². The van der Waals surface area contributed by atoms with Gasteiger partial charge in [0.2, 0.25) is 5.91 Å². The summed E-state index contributed by atoms with van der Waals surface area (Å²) >= 11 is 0. The van der Waals surface area contributed by atoms with Crippen molar-refractivity contribution < 1.29 is 36.5 Å². The normalized spacial score (nSPS) is 15.2. The minimum Gasteiger partial charge on any atom is -0.459 e. The Morgan fingerprint density at radius 1 is 1.00 bits per heavy atom. The molecule has 3 atom stereocenters. The third-order valence-corrected chi connectivity index (χ3v) is 6.51. The molecule has 0 saturated heterocycles. The second-order valence-electron chi connectivity index (χ2n) is 8.24. The fourth-order valence-electron chi connectivity index (χ4n) is 2.82. The molecular formula is C22H33F3NO5P. The van der Waals surface area contributed by atoms with Crippen molar-refractivity contribution in [1.82, 2.24) is 5.32 Å². The Kier molecular flexibility index (Phi) is 10.6. The smallest absolute Gasteiger partial charge is 0.416 e. The lowest BCUT2D eigenvalue weighted by molar-refractivity contribution is -0.157. The van der Waals surface area contributed by atoms with Crippen LogP contribution in [0.1, 0.15) is 65.6 Å². The minimum absolute atomic E-state index is 0.293. The van der Waals surface area contributed by atoms with E-state index in [1.54, 1.807) is 48.5 Å². The number of amides is 1. The van der Waals surface area contributed by atoms with E-state index in [9.17, 15) is 22.8 Å². The molecule has 1 N–H and O–H groups in total. The average molecular weight is 479 g/mol. The molecule has 1 rings (SSSR count). The number of hydrogen-bond donors (Lipinski definition) is 1. The molecule has 0 radical (unpaired) electrons. The van der Waals surface area contributed by atoms with Gasteiger partial charge in [0, 0.05) is 0 Å². The Hall–Kier alpha value is -1.70. The lowest BCUT2D eigenvalue weighted by Gasteiger charge is -2.31. The van der Waals surface area contributed by atoms with Gasteiger partial charge in [-0.3, -0.25) is 9.59 Å². The van der Waals surface area contributed by atoms with E-state index in [0.29, 0.717) is 18.8 Å². The van der Waals surface area contributed by atoms with Gasteiger partial charge in [0.1, 0.15) is 11.3 Å². The molecule has 0 saturated carbocycles. The second-order valence-corrected chi connectivity index (χ2v) is 9.88. The van der Waals surface area contributed by atoms with E-state index in [1.165, 1.54) is 12.1 Å². The van der Waals surface area contributed by atoms with E-state index in [4.69, 9.17) is 13.8 Å². The molecule has 3 unspecified atom stereocenters. The number of ether oxygens (including phenoxy) is 1. The van der Waals surface area contributed by atoms with Gasteiger partial charge in [0.05, 0.1) is 30.7 Å². The van der Waals surface area contributed by atoms with Crippen molar-refractivity contribution in [3.63, 3.8) is 0 Å². The Bertz CT molecular complexity index is 743. The highest BCUT2D eigenvalue weighted by Crippen LogP contribution is 2.48. The quantitative estimate of drug-likeness (QED) is 0.349. The molecule has 0 aliphatic heterocycles. The average Bonchev–Trinajstić information content (AvgIpc) is 2.66. The van der Waals surface area contributed by atoms with Crippen LogP contribution in [-0.2, 0) is 29.5 Å². The van der Waals surface area contributed by atoms with Crippen LogP contribution in [0.4, 0.5) is 13.2 Å². The highest BCUT2D eigenvalue weighted by Gasteiger charge is 2.42. The Balaban J connectivity index is 3.05. The second kappa shape index (κ2) is 12.0. The maximum absolute atomic E-state index is 13.0. The zero-order chi connectivity index (χ0) is 24.7. The molecule has 0 aliphatic rings. The van der Waals surface area contributed by atoms with Crippen LogP contribution in [0.3, 0.4) is 0 Å². The minimum atomic E-state index is -4.43. The van der Waals surface area contributed by atoms with Crippen molar-refractivity contribution in [2.45, 2.75) is 71.9 Å². The number of hydrogen-bond acceptors (Lipinski definition) is 5. The standard InChI is InChI=1S/C22H33F3NO5P/c1-8-29-32(30-9-2)18(20(28)31-21(5,6)7)14(3)19(27)26-15(4)16-10-12-17(13-11-16)22(23,24)25/h10-15,18H,8-9H2,1-7H3,(H,26,27). The molecule has 1 aromatic carbocycles. The van der Waals surface area contributed by atoms with E-state index in [2.05, 4.69) is 5.32 Å². The van der Waals surface area contributed by atoms with Crippen LogP contribution < -0.4 is 5.32 Å². The van der Waals surface area contributed by atoms with Gasteiger partial charge in [-0.25, -0.2) is 0 Å². The summed E-state index contributed by atoms with van der Waals surface area (Å²) in [6.45, 7) is 12.5. The van der Waals surface area contributed by atoms with Crippen molar-refractivity contribution in [2.24, 2.45) is 5.92 Å². The first-order valence-electron chi connectivity index (χ1n) is 10.5. The first-order chi connectivity index (χ1) is 14.7. The monoisotopic (exact) mass is 479 g/mol. The van der Waals surface area contributed by atoms with Crippen molar-refractivity contribution in [2.75, 3.05) is 13.2 Å².